The standard InChI is InChI=1S/C21H18N2O6/c1-13-11-17(7-9-19(13)23(26)27)28-12-18-8-10-20(29-18)21(25)22-16-5-3-15(4-6-16)14(2)24/h3-11H,12H2,1-2H3,(H,22,25). The van der Waals surface area contributed by atoms with E-state index in [2.05, 4.69) is 5.32 Å². The largest absolute Gasteiger partial charge is 0.486 e. The monoisotopic (exact) mass is 394 g/mol. The van der Waals surface area contributed by atoms with Gasteiger partial charge in [-0.1, -0.05) is 0 Å². The van der Waals surface area contributed by atoms with E-state index < -0.39 is 10.8 Å². The molecule has 0 saturated carbocycles. The molecule has 8 nitrogen and oxygen atoms in total. The van der Waals surface area contributed by atoms with Crippen molar-refractivity contribution in [3.05, 3.63) is 87.4 Å². The SMILES string of the molecule is CC(=O)c1ccc(NC(=O)c2ccc(COc3ccc([N+](=O)[O-])c(C)c3)o2)cc1. The minimum Gasteiger partial charge on any atom is -0.486 e. The van der Waals surface area contributed by atoms with Crippen LogP contribution in [0.3, 0.4) is 0 Å². The van der Waals surface area contributed by atoms with Crippen LogP contribution in [0.2, 0.25) is 0 Å². The van der Waals surface area contributed by atoms with Crippen LogP contribution in [-0.4, -0.2) is 16.6 Å². The van der Waals surface area contributed by atoms with Gasteiger partial charge >= 0.3 is 0 Å². The molecule has 29 heavy (non-hydrogen) atoms. The van der Waals surface area contributed by atoms with E-state index in [0.717, 1.165) is 0 Å². The molecule has 3 rings (SSSR count). The number of nitro groups is 1. The molecule has 148 valence electrons. The summed E-state index contributed by atoms with van der Waals surface area (Å²) in [6, 6.07) is 14.1. The molecule has 0 unspecified atom stereocenters. The molecule has 1 aromatic heterocycles. The zero-order valence-corrected chi connectivity index (χ0v) is 15.8. The summed E-state index contributed by atoms with van der Waals surface area (Å²) in [5, 5.41) is 13.5. The highest BCUT2D eigenvalue weighted by Crippen LogP contribution is 2.24. The van der Waals surface area contributed by atoms with Gasteiger partial charge in [0.25, 0.3) is 11.6 Å². The van der Waals surface area contributed by atoms with Crippen LogP contribution >= 0.6 is 0 Å². The van der Waals surface area contributed by atoms with Crippen LogP contribution in [-0.2, 0) is 6.61 Å². The maximum absolute atomic E-state index is 12.3. The number of carbonyl (C=O) groups excluding carboxylic acids is 2. The molecule has 0 aliphatic rings. The van der Waals surface area contributed by atoms with Crippen molar-refractivity contribution in [1.29, 1.82) is 0 Å². The van der Waals surface area contributed by atoms with Crippen LogP contribution in [0.4, 0.5) is 11.4 Å². The van der Waals surface area contributed by atoms with Crippen molar-refractivity contribution in [3.8, 4) is 5.75 Å². The summed E-state index contributed by atoms with van der Waals surface area (Å²) >= 11 is 0. The molecule has 0 fully saturated rings. The zero-order valence-electron chi connectivity index (χ0n) is 15.8. The van der Waals surface area contributed by atoms with Gasteiger partial charge in [-0.2, -0.15) is 0 Å². The molecule has 1 heterocycles. The Balaban J connectivity index is 1.60. The zero-order chi connectivity index (χ0) is 21.0. The van der Waals surface area contributed by atoms with Gasteiger partial charge in [-0.15, -0.1) is 0 Å². The maximum Gasteiger partial charge on any atom is 0.291 e. The summed E-state index contributed by atoms with van der Waals surface area (Å²) in [5.74, 6) is 0.512. The van der Waals surface area contributed by atoms with Crippen molar-refractivity contribution >= 4 is 23.1 Å². The van der Waals surface area contributed by atoms with Crippen molar-refractivity contribution in [2.24, 2.45) is 0 Å². The number of ether oxygens (including phenoxy) is 1. The Bertz CT molecular complexity index is 1070. The third-order valence-electron chi connectivity index (χ3n) is 4.18. The predicted molar refractivity (Wildman–Crippen MR) is 105 cm³/mol. The average Bonchev–Trinajstić information content (AvgIpc) is 3.16. The van der Waals surface area contributed by atoms with Gasteiger partial charge in [0.15, 0.2) is 11.5 Å². The number of ketones is 1. The van der Waals surface area contributed by atoms with Gasteiger partial charge in [0, 0.05) is 22.9 Å². The summed E-state index contributed by atoms with van der Waals surface area (Å²) < 4.78 is 11.1. The lowest BCUT2D eigenvalue weighted by molar-refractivity contribution is -0.385. The van der Waals surface area contributed by atoms with Gasteiger partial charge < -0.3 is 14.5 Å². The van der Waals surface area contributed by atoms with E-state index in [0.29, 0.717) is 28.3 Å². The number of nitrogens with one attached hydrogen (secondary N) is 1. The predicted octanol–water partition coefficient (Wildman–Crippen LogP) is 4.53. The Kier molecular flexibility index (Phi) is 5.73. The molecule has 0 saturated heterocycles. The van der Waals surface area contributed by atoms with E-state index in [1.165, 1.54) is 25.1 Å². The molecule has 0 aliphatic carbocycles. The van der Waals surface area contributed by atoms with E-state index in [-0.39, 0.29) is 23.8 Å². The van der Waals surface area contributed by atoms with Crippen LogP contribution in [0.25, 0.3) is 0 Å². The van der Waals surface area contributed by atoms with E-state index in [4.69, 9.17) is 9.15 Å². The van der Waals surface area contributed by atoms with Crippen molar-refractivity contribution in [2.75, 3.05) is 5.32 Å². The fourth-order valence-corrected chi connectivity index (χ4v) is 2.64. The lowest BCUT2D eigenvalue weighted by Gasteiger charge is -2.06. The molecule has 0 spiro atoms. The van der Waals surface area contributed by atoms with E-state index in [1.807, 2.05) is 0 Å². The molecular weight excluding hydrogens is 376 g/mol. The smallest absolute Gasteiger partial charge is 0.291 e. The molecule has 0 bridgehead atoms. The first-order valence-electron chi connectivity index (χ1n) is 8.72. The lowest BCUT2D eigenvalue weighted by atomic mass is 10.1. The first-order valence-corrected chi connectivity index (χ1v) is 8.72. The molecule has 3 aromatic rings. The van der Waals surface area contributed by atoms with E-state index in [1.54, 1.807) is 43.3 Å². The lowest BCUT2D eigenvalue weighted by Crippen LogP contribution is -2.11. The number of benzene rings is 2. The molecule has 0 aliphatic heterocycles. The van der Waals surface area contributed by atoms with Gasteiger partial charge in [-0.3, -0.25) is 19.7 Å². The molecule has 1 N–H and O–H groups in total. The molecule has 2 aromatic carbocycles. The number of hydrogen-bond donors (Lipinski definition) is 1. The van der Waals surface area contributed by atoms with Crippen LogP contribution in [0.5, 0.6) is 5.75 Å². The number of hydrogen-bond acceptors (Lipinski definition) is 6. The molecule has 1 amide bonds. The highest BCUT2D eigenvalue weighted by molar-refractivity contribution is 6.02. The summed E-state index contributed by atoms with van der Waals surface area (Å²) in [7, 11) is 0. The topological polar surface area (TPSA) is 112 Å². The van der Waals surface area contributed by atoms with Crippen LogP contribution in [0, 0.1) is 17.0 Å². The number of furan rings is 1. The van der Waals surface area contributed by atoms with Gasteiger partial charge in [-0.25, -0.2) is 0 Å². The summed E-state index contributed by atoms with van der Waals surface area (Å²) in [4.78, 5) is 34.0. The van der Waals surface area contributed by atoms with Crippen LogP contribution in [0.15, 0.2) is 59.0 Å². The molecule has 0 radical (unpaired) electrons. The van der Waals surface area contributed by atoms with E-state index >= 15 is 0 Å². The minimum absolute atomic E-state index is 0.0191. The van der Waals surface area contributed by atoms with E-state index in [9.17, 15) is 19.7 Å². The Morgan fingerprint density at radius 2 is 1.83 bits per heavy atom. The second kappa shape index (κ2) is 8.39. The Morgan fingerprint density at radius 1 is 1.10 bits per heavy atom. The van der Waals surface area contributed by atoms with Crippen LogP contribution < -0.4 is 10.1 Å². The van der Waals surface area contributed by atoms with Crippen molar-refractivity contribution in [2.45, 2.75) is 20.5 Å². The first kappa shape index (κ1) is 19.8. The normalized spacial score (nSPS) is 10.4. The third-order valence-corrected chi connectivity index (χ3v) is 4.18. The van der Waals surface area contributed by atoms with Crippen molar-refractivity contribution in [3.63, 3.8) is 0 Å². The second-order valence-corrected chi connectivity index (χ2v) is 6.35. The Labute approximate surface area is 166 Å². The third kappa shape index (κ3) is 4.86. The van der Waals surface area contributed by atoms with Crippen molar-refractivity contribution in [1.82, 2.24) is 0 Å². The number of nitrogens with zero attached hydrogens (tertiary/aromatic N) is 1. The molecular formula is C21H18N2O6. The fourth-order valence-electron chi connectivity index (χ4n) is 2.64. The number of nitro benzene ring substituents is 1. The van der Waals surface area contributed by atoms with Gasteiger partial charge in [0.05, 0.1) is 4.92 Å². The van der Waals surface area contributed by atoms with Crippen molar-refractivity contribution < 1.29 is 23.7 Å². The van der Waals surface area contributed by atoms with Crippen LogP contribution in [0.1, 0.15) is 39.2 Å². The molecule has 0 atom stereocenters. The quantitative estimate of drug-likeness (QED) is 0.358. The first-order chi connectivity index (χ1) is 13.8. The highest BCUT2D eigenvalue weighted by atomic mass is 16.6. The summed E-state index contributed by atoms with van der Waals surface area (Å²) in [6.45, 7) is 3.17. The minimum atomic E-state index is -0.454. The number of aryl methyl sites for hydroxylation is 1. The van der Waals surface area contributed by atoms with Gasteiger partial charge in [-0.05, 0) is 62.4 Å². The average molecular weight is 394 g/mol. The summed E-state index contributed by atoms with van der Waals surface area (Å²) in [6.07, 6.45) is 0. The Morgan fingerprint density at radius 3 is 2.45 bits per heavy atom. The Hall–Kier alpha value is -3.94. The maximum atomic E-state index is 12.3. The summed E-state index contributed by atoms with van der Waals surface area (Å²) in [5.41, 5.74) is 1.60. The number of carbonyl (C=O) groups is 2. The fraction of sp³-hybridized carbons (Fsp3) is 0.143. The number of Topliss-reactive ketones (excluding diaryl/α,β-unsaturated/α-hetero) is 1. The molecule has 8 heteroatoms. The van der Waals surface area contributed by atoms with Gasteiger partial charge in [0.2, 0.25) is 0 Å². The number of amides is 1. The van der Waals surface area contributed by atoms with Gasteiger partial charge in [0.1, 0.15) is 18.1 Å². The second-order valence-electron chi connectivity index (χ2n) is 6.35. The number of rotatable bonds is 7. The number of anilines is 1. The highest BCUT2D eigenvalue weighted by Gasteiger charge is 2.14.